The number of Topliss-reactive ketones (excluding diaryl/α,β-unsaturated/α-hetero) is 1. The van der Waals surface area contributed by atoms with Crippen LogP contribution in [-0.2, 0) is 33.8 Å². The second kappa shape index (κ2) is 15.7. The number of ketones is 1. The highest BCUT2D eigenvalue weighted by molar-refractivity contribution is 6.01. The first-order valence-corrected chi connectivity index (χ1v) is 15.9. The normalized spacial score (nSPS) is 11.4. The zero-order valence-electron chi connectivity index (χ0n) is 27.6. The Morgan fingerprint density at radius 3 is 2.35 bits per heavy atom. The summed E-state index contributed by atoms with van der Waals surface area (Å²) in [7, 11) is 1.24. The molecule has 52 heavy (non-hydrogen) atoms. The second-order valence-corrected chi connectivity index (χ2v) is 11.5. The van der Waals surface area contributed by atoms with Crippen LogP contribution in [0.4, 0.5) is 14.9 Å². The molecule has 0 bridgehead atoms. The number of esters is 1. The van der Waals surface area contributed by atoms with E-state index in [9.17, 15) is 28.4 Å². The van der Waals surface area contributed by atoms with E-state index in [1.807, 2.05) is 6.07 Å². The van der Waals surface area contributed by atoms with Gasteiger partial charge in [0.25, 0.3) is 11.4 Å². The highest BCUT2D eigenvalue weighted by Gasteiger charge is 2.28. The SMILES string of the molecule is COC(=O)c1ccc2oc(C(=O)C(Cc3ccccc3)NC(=O)Cn3c(-c4cccc(F)c4)ncc(NC(=O)OCc4ccccc4)c3=O)nc2c1. The molecule has 0 aliphatic rings. The third-order valence-corrected chi connectivity index (χ3v) is 7.83. The lowest BCUT2D eigenvalue weighted by Crippen LogP contribution is -2.45. The number of amides is 2. The van der Waals surface area contributed by atoms with Crippen LogP contribution in [0, 0.1) is 5.82 Å². The molecular weight excluding hydrogens is 673 g/mol. The maximum absolute atomic E-state index is 14.3. The van der Waals surface area contributed by atoms with Crippen molar-refractivity contribution in [2.45, 2.75) is 25.6 Å². The van der Waals surface area contributed by atoms with Crippen LogP contribution in [0.2, 0.25) is 0 Å². The van der Waals surface area contributed by atoms with Crippen LogP contribution in [0.3, 0.4) is 0 Å². The Hall–Kier alpha value is -6.96. The number of carbonyl (C=O) groups is 4. The number of fused-ring (bicyclic) bond motifs is 1. The molecule has 1 unspecified atom stereocenters. The molecule has 0 aliphatic carbocycles. The third-order valence-electron chi connectivity index (χ3n) is 7.83. The lowest BCUT2D eigenvalue weighted by atomic mass is 10.0. The monoisotopic (exact) mass is 703 g/mol. The number of benzene rings is 4. The van der Waals surface area contributed by atoms with E-state index in [-0.39, 0.29) is 52.7 Å². The fourth-order valence-electron chi connectivity index (χ4n) is 5.32. The Balaban J connectivity index is 1.28. The van der Waals surface area contributed by atoms with Crippen molar-refractivity contribution in [3.8, 4) is 11.4 Å². The largest absolute Gasteiger partial charge is 0.465 e. The number of hydrogen-bond acceptors (Lipinski definition) is 10. The highest BCUT2D eigenvalue weighted by Crippen LogP contribution is 2.21. The number of anilines is 1. The predicted molar refractivity (Wildman–Crippen MR) is 186 cm³/mol. The van der Waals surface area contributed by atoms with E-state index in [4.69, 9.17) is 13.9 Å². The molecule has 2 aromatic heterocycles. The van der Waals surface area contributed by atoms with Crippen molar-refractivity contribution < 1.29 is 37.5 Å². The minimum atomic E-state index is -1.22. The van der Waals surface area contributed by atoms with Crippen LogP contribution in [0.1, 0.15) is 32.2 Å². The summed E-state index contributed by atoms with van der Waals surface area (Å²) >= 11 is 0. The van der Waals surface area contributed by atoms with E-state index in [0.717, 1.165) is 22.4 Å². The molecule has 0 saturated heterocycles. The molecule has 13 nitrogen and oxygen atoms in total. The van der Waals surface area contributed by atoms with Crippen molar-refractivity contribution in [3.63, 3.8) is 0 Å². The van der Waals surface area contributed by atoms with E-state index in [2.05, 4.69) is 20.6 Å². The summed E-state index contributed by atoms with van der Waals surface area (Å²) in [6.07, 6.45) is 0.167. The lowest BCUT2D eigenvalue weighted by molar-refractivity contribution is -0.122. The number of hydrogen-bond donors (Lipinski definition) is 2. The first-order valence-electron chi connectivity index (χ1n) is 15.9. The van der Waals surface area contributed by atoms with Gasteiger partial charge in [0.2, 0.25) is 11.7 Å². The minimum Gasteiger partial charge on any atom is -0.465 e. The van der Waals surface area contributed by atoms with E-state index in [1.165, 1.54) is 43.5 Å². The molecule has 1 atom stereocenters. The van der Waals surface area contributed by atoms with Gasteiger partial charge in [-0.05, 0) is 41.5 Å². The van der Waals surface area contributed by atoms with Gasteiger partial charge in [-0.15, -0.1) is 0 Å². The summed E-state index contributed by atoms with van der Waals surface area (Å²) in [5.41, 5.74) is 1.10. The topological polar surface area (TPSA) is 172 Å². The molecular formula is C38H30FN5O8. The van der Waals surface area contributed by atoms with Gasteiger partial charge in [0.15, 0.2) is 5.58 Å². The fourth-order valence-corrected chi connectivity index (χ4v) is 5.32. The van der Waals surface area contributed by atoms with E-state index in [0.29, 0.717) is 5.56 Å². The molecule has 0 saturated carbocycles. The molecule has 0 spiro atoms. The molecule has 2 N–H and O–H groups in total. The summed E-state index contributed by atoms with van der Waals surface area (Å²) in [4.78, 5) is 74.6. The summed E-state index contributed by atoms with van der Waals surface area (Å²) in [5, 5.41) is 5.03. The Morgan fingerprint density at radius 2 is 1.63 bits per heavy atom. The summed E-state index contributed by atoms with van der Waals surface area (Å²) in [6.45, 7) is -0.748. The number of aromatic nitrogens is 3. The molecule has 14 heteroatoms. The standard InChI is InChI=1S/C38H30FN5O8/c1-50-37(48)26-15-16-31-28(19-26)42-35(52-31)33(46)29(17-23-9-4-2-5-10-23)41-32(45)21-44-34(25-13-8-14-27(39)18-25)40-20-30(36(44)47)43-38(49)51-22-24-11-6-3-7-12-24/h2-16,18-20,29H,17,21-22H2,1H3,(H,41,45)(H,43,49). The third kappa shape index (κ3) is 8.25. The number of methoxy groups -OCH3 is 1. The maximum Gasteiger partial charge on any atom is 0.412 e. The molecule has 0 fully saturated rings. The minimum absolute atomic E-state index is 0.0241. The van der Waals surface area contributed by atoms with Crippen LogP contribution in [0.25, 0.3) is 22.5 Å². The summed E-state index contributed by atoms with van der Waals surface area (Å²) < 4.78 is 30.9. The molecule has 2 amide bonds. The van der Waals surface area contributed by atoms with Crippen LogP contribution in [0.5, 0.6) is 0 Å². The van der Waals surface area contributed by atoms with E-state index < -0.39 is 47.7 Å². The van der Waals surface area contributed by atoms with Crippen molar-refractivity contribution in [2.24, 2.45) is 0 Å². The quantitative estimate of drug-likeness (QED) is 0.125. The molecule has 262 valence electrons. The van der Waals surface area contributed by atoms with Gasteiger partial charge in [0.05, 0.1) is 18.9 Å². The van der Waals surface area contributed by atoms with Crippen LogP contribution >= 0.6 is 0 Å². The number of ether oxygens (including phenoxy) is 2. The summed E-state index contributed by atoms with van der Waals surface area (Å²) in [5.74, 6) is -3.08. The number of nitrogens with zero attached hydrogens (tertiary/aromatic N) is 3. The first-order chi connectivity index (χ1) is 25.2. The fraction of sp³-hybridized carbons (Fsp3) is 0.132. The van der Waals surface area contributed by atoms with Crippen LogP contribution < -0.4 is 16.2 Å². The van der Waals surface area contributed by atoms with E-state index >= 15 is 0 Å². The van der Waals surface area contributed by atoms with Crippen LogP contribution in [0.15, 0.2) is 119 Å². The molecule has 0 radical (unpaired) electrons. The average Bonchev–Trinajstić information content (AvgIpc) is 3.59. The number of halogens is 1. The van der Waals surface area contributed by atoms with Crippen molar-refractivity contribution >= 4 is 40.5 Å². The maximum atomic E-state index is 14.3. The van der Waals surface area contributed by atoms with Gasteiger partial charge in [-0.25, -0.2) is 23.9 Å². The van der Waals surface area contributed by atoms with Gasteiger partial charge in [0.1, 0.15) is 42.0 Å². The van der Waals surface area contributed by atoms with Gasteiger partial charge in [-0.1, -0.05) is 72.8 Å². The Morgan fingerprint density at radius 1 is 0.904 bits per heavy atom. The highest BCUT2D eigenvalue weighted by atomic mass is 19.1. The van der Waals surface area contributed by atoms with Crippen molar-refractivity contribution in [1.82, 2.24) is 19.9 Å². The number of rotatable bonds is 12. The van der Waals surface area contributed by atoms with Gasteiger partial charge in [-0.2, -0.15) is 0 Å². The Bertz CT molecular complexity index is 2330. The zero-order valence-corrected chi connectivity index (χ0v) is 27.6. The number of nitrogens with one attached hydrogen (secondary N) is 2. The number of carbonyl (C=O) groups excluding carboxylic acids is 4. The van der Waals surface area contributed by atoms with Gasteiger partial charge < -0.3 is 19.2 Å². The van der Waals surface area contributed by atoms with E-state index in [1.54, 1.807) is 54.6 Å². The van der Waals surface area contributed by atoms with Crippen molar-refractivity contribution in [2.75, 3.05) is 12.4 Å². The lowest BCUT2D eigenvalue weighted by Gasteiger charge is -2.18. The first kappa shape index (κ1) is 34.9. The van der Waals surface area contributed by atoms with Crippen molar-refractivity contribution in [3.05, 3.63) is 148 Å². The Kier molecular flexibility index (Phi) is 10.5. The van der Waals surface area contributed by atoms with Crippen molar-refractivity contribution in [1.29, 1.82) is 0 Å². The zero-order chi connectivity index (χ0) is 36.6. The van der Waals surface area contributed by atoms with Gasteiger partial charge >= 0.3 is 12.1 Å². The molecule has 6 rings (SSSR count). The number of oxazole rings is 1. The van der Waals surface area contributed by atoms with Gasteiger partial charge in [-0.3, -0.25) is 24.3 Å². The molecule has 0 aliphatic heterocycles. The summed E-state index contributed by atoms with van der Waals surface area (Å²) in [6, 6.07) is 26.2. The predicted octanol–water partition coefficient (Wildman–Crippen LogP) is 5.34. The molecule has 4 aromatic carbocycles. The average molecular weight is 704 g/mol. The van der Waals surface area contributed by atoms with Crippen LogP contribution in [-0.4, -0.2) is 51.4 Å². The van der Waals surface area contributed by atoms with Gasteiger partial charge in [0, 0.05) is 12.0 Å². The molecule has 6 aromatic rings. The molecule has 2 heterocycles. The Labute approximate surface area is 295 Å². The smallest absolute Gasteiger partial charge is 0.412 e. The second-order valence-electron chi connectivity index (χ2n) is 11.5.